The third-order valence-corrected chi connectivity index (χ3v) is 4.22. The van der Waals surface area contributed by atoms with Gasteiger partial charge >= 0.3 is 0 Å². The van der Waals surface area contributed by atoms with Crippen molar-refractivity contribution in [2.45, 2.75) is 32.4 Å². The van der Waals surface area contributed by atoms with Crippen LogP contribution in [-0.2, 0) is 4.74 Å². The smallest absolute Gasteiger partial charge is 0.142 e. The van der Waals surface area contributed by atoms with E-state index < -0.39 is 0 Å². The lowest BCUT2D eigenvalue weighted by atomic mass is 9.88. The molecule has 2 nitrogen and oxygen atoms in total. The minimum absolute atomic E-state index is 0.0185. The second-order valence-electron chi connectivity index (χ2n) is 4.71. The molecule has 0 aromatic heterocycles. The van der Waals surface area contributed by atoms with Gasteiger partial charge in [-0.1, -0.05) is 19.1 Å². The largest absolute Gasteiger partial charge is 0.378 e. The Morgan fingerprint density at radius 2 is 2.33 bits per heavy atom. The summed E-state index contributed by atoms with van der Waals surface area (Å²) in [6, 6.07) is 5.49. The first-order valence-electron chi connectivity index (χ1n) is 6.44. The van der Waals surface area contributed by atoms with Crippen molar-refractivity contribution in [3.63, 3.8) is 0 Å². The molecule has 1 N–H and O–H groups in total. The molecule has 1 heterocycles. The Morgan fingerprint density at radius 3 is 2.94 bits per heavy atom. The molecule has 1 aromatic rings. The summed E-state index contributed by atoms with van der Waals surface area (Å²) in [5.41, 5.74) is 0.730. The average Bonchev–Trinajstić information content (AvgIpc) is 2.76. The van der Waals surface area contributed by atoms with Gasteiger partial charge in [-0.05, 0) is 41.9 Å². The van der Waals surface area contributed by atoms with E-state index in [2.05, 4.69) is 28.2 Å². The summed E-state index contributed by atoms with van der Waals surface area (Å²) in [5, 5.41) is 3.40. The van der Waals surface area contributed by atoms with Crippen molar-refractivity contribution in [1.82, 2.24) is 5.32 Å². The van der Waals surface area contributed by atoms with Gasteiger partial charge < -0.3 is 10.1 Å². The van der Waals surface area contributed by atoms with Gasteiger partial charge in [0.05, 0.1) is 10.6 Å². The summed E-state index contributed by atoms with van der Waals surface area (Å²) in [6.45, 7) is 5.70. The molecule has 0 spiro atoms. The first-order valence-corrected chi connectivity index (χ1v) is 7.23. The van der Waals surface area contributed by atoms with E-state index in [1.807, 2.05) is 19.1 Å². The van der Waals surface area contributed by atoms with Crippen LogP contribution >= 0.6 is 15.9 Å². The van der Waals surface area contributed by atoms with Crippen LogP contribution in [0, 0.1) is 11.7 Å². The Kier molecular flexibility index (Phi) is 4.76. The van der Waals surface area contributed by atoms with Gasteiger partial charge in [-0.25, -0.2) is 4.39 Å². The summed E-state index contributed by atoms with van der Waals surface area (Å²) in [7, 11) is 0. The molecule has 1 aliphatic heterocycles. The predicted octanol–water partition coefficient (Wildman–Crippen LogP) is 3.66. The van der Waals surface area contributed by atoms with Crippen molar-refractivity contribution in [2.75, 3.05) is 13.2 Å². The number of nitrogens with one attached hydrogen (secondary N) is 1. The van der Waals surface area contributed by atoms with Crippen LogP contribution in [0.3, 0.4) is 0 Å². The molecule has 0 saturated carbocycles. The monoisotopic (exact) mass is 315 g/mol. The zero-order chi connectivity index (χ0) is 13.1. The third-order valence-electron chi connectivity index (χ3n) is 3.60. The molecule has 4 heteroatoms. The van der Waals surface area contributed by atoms with E-state index in [4.69, 9.17) is 4.74 Å². The van der Waals surface area contributed by atoms with Crippen LogP contribution in [0.25, 0.3) is 0 Å². The molecule has 2 rings (SSSR count). The predicted molar refractivity (Wildman–Crippen MR) is 74.0 cm³/mol. The van der Waals surface area contributed by atoms with Crippen LogP contribution in [0.2, 0.25) is 0 Å². The van der Waals surface area contributed by atoms with Crippen LogP contribution in [0.5, 0.6) is 0 Å². The van der Waals surface area contributed by atoms with Gasteiger partial charge in [-0.15, -0.1) is 0 Å². The minimum atomic E-state index is -0.164. The zero-order valence-electron chi connectivity index (χ0n) is 10.7. The highest BCUT2D eigenvalue weighted by molar-refractivity contribution is 9.10. The number of hydrogen-bond acceptors (Lipinski definition) is 2. The Bertz CT molecular complexity index is 413. The van der Waals surface area contributed by atoms with E-state index in [9.17, 15) is 4.39 Å². The van der Waals surface area contributed by atoms with Crippen LogP contribution < -0.4 is 5.32 Å². The molecule has 3 atom stereocenters. The van der Waals surface area contributed by atoms with E-state index in [0.29, 0.717) is 10.4 Å². The minimum Gasteiger partial charge on any atom is -0.378 e. The molecule has 1 saturated heterocycles. The van der Waals surface area contributed by atoms with Gasteiger partial charge in [0.1, 0.15) is 5.82 Å². The molecule has 1 aliphatic rings. The number of hydrogen-bond donors (Lipinski definition) is 1. The molecule has 3 unspecified atom stereocenters. The second-order valence-corrected chi connectivity index (χ2v) is 5.56. The van der Waals surface area contributed by atoms with E-state index >= 15 is 0 Å². The van der Waals surface area contributed by atoms with Crippen LogP contribution in [0.15, 0.2) is 22.7 Å². The summed E-state index contributed by atoms with van der Waals surface area (Å²) in [4.78, 5) is 0. The van der Waals surface area contributed by atoms with Gasteiger partial charge in [-0.2, -0.15) is 0 Å². The van der Waals surface area contributed by atoms with E-state index in [0.717, 1.165) is 25.1 Å². The van der Waals surface area contributed by atoms with Crippen molar-refractivity contribution < 1.29 is 9.13 Å². The lowest BCUT2D eigenvalue weighted by Gasteiger charge is -2.27. The lowest BCUT2D eigenvalue weighted by Crippen LogP contribution is -2.32. The molecule has 100 valence electrons. The molecular formula is C14H19BrFNO. The maximum Gasteiger partial charge on any atom is 0.142 e. The van der Waals surface area contributed by atoms with Crippen LogP contribution in [0.1, 0.15) is 31.9 Å². The molecule has 1 fully saturated rings. The Labute approximate surface area is 116 Å². The first kappa shape index (κ1) is 14.0. The fourth-order valence-electron chi connectivity index (χ4n) is 2.66. The van der Waals surface area contributed by atoms with E-state index in [1.165, 1.54) is 0 Å². The average molecular weight is 316 g/mol. The lowest BCUT2D eigenvalue weighted by molar-refractivity contribution is 0.0951. The van der Waals surface area contributed by atoms with Crippen molar-refractivity contribution in [3.05, 3.63) is 34.1 Å². The maximum absolute atomic E-state index is 14.2. The van der Waals surface area contributed by atoms with E-state index in [1.54, 1.807) is 6.07 Å². The normalized spacial score (nSPS) is 25.3. The molecule has 1 aromatic carbocycles. The molecule has 18 heavy (non-hydrogen) atoms. The summed E-state index contributed by atoms with van der Waals surface area (Å²) < 4.78 is 20.4. The third kappa shape index (κ3) is 2.76. The quantitative estimate of drug-likeness (QED) is 0.915. The topological polar surface area (TPSA) is 21.3 Å². The van der Waals surface area contributed by atoms with Gasteiger partial charge in [-0.3, -0.25) is 0 Å². The summed E-state index contributed by atoms with van der Waals surface area (Å²) >= 11 is 3.26. The van der Waals surface area contributed by atoms with Crippen molar-refractivity contribution in [3.8, 4) is 0 Å². The Hall–Kier alpha value is -0.450. The fraction of sp³-hybridized carbons (Fsp3) is 0.571. The van der Waals surface area contributed by atoms with Crippen LogP contribution in [0.4, 0.5) is 4.39 Å². The fourth-order valence-corrected chi connectivity index (χ4v) is 3.04. The Morgan fingerprint density at radius 1 is 1.56 bits per heavy atom. The maximum atomic E-state index is 14.2. The molecule has 0 aliphatic carbocycles. The van der Waals surface area contributed by atoms with Gasteiger partial charge in [0.15, 0.2) is 0 Å². The molecule has 0 radical (unpaired) electrons. The highest BCUT2D eigenvalue weighted by Gasteiger charge is 2.33. The molecule has 0 bridgehead atoms. The SMILES string of the molecule is CCNC(c1cccc(Br)c1F)C1CCOC1C. The molecule has 0 amide bonds. The van der Waals surface area contributed by atoms with Crippen molar-refractivity contribution >= 4 is 15.9 Å². The van der Waals surface area contributed by atoms with E-state index in [-0.39, 0.29) is 18.0 Å². The number of ether oxygens (including phenoxy) is 1. The van der Waals surface area contributed by atoms with Gasteiger partial charge in [0.2, 0.25) is 0 Å². The van der Waals surface area contributed by atoms with Gasteiger partial charge in [0.25, 0.3) is 0 Å². The summed E-state index contributed by atoms with van der Waals surface area (Å²) in [6.07, 6.45) is 1.15. The zero-order valence-corrected chi connectivity index (χ0v) is 12.3. The van der Waals surface area contributed by atoms with Gasteiger partial charge in [0, 0.05) is 24.1 Å². The number of rotatable bonds is 4. The standard InChI is InChI=1S/C14H19BrFNO/c1-3-17-14(10-7-8-18-9(10)2)11-5-4-6-12(15)13(11)16/h4-6,9-10,14,17H,3,7-8H2,1-2H3. The Balaban J connectivity index is 2.31. The highest BCUT2D eigenvalue weighted by Crippen LogP contribution is 2.35. The first-order chi connectivity index (χ1) is 8.65. The highest BCUT2D eigenvalue weighted by atomic mass is 79.9. The molecular weight excluding hydrogens is 297 g/mol. The second kappa shape index (κ2) is 6.13. The number of halogens is 2. The van der Waals surface area contributed by atoms with Crippen molar-refractivity contribution in [1.29, 1.82) is 0 Å². The number of benzene rings is 1. The summed E-state index contributed by atoms with van der Waals surface area (Å²) in [5.74, 6) is 0.163. The van der Waals surface area contributed by atoms with Crippen molar-refractivity contribution in [2.24, 2.45) is 5.92 Å². The van der Waals surface area contributed by atoms with Crippen LogP contribution in [-0.4, -0.2) is 19.3 Å².